The van der Waals surface area contributed by atoms with Crippen LogP contribution in [0.2, 0.25) is 0 Å². The van der Waals surface area contributed by atoms with Gasteiger partial charge >= 0.3 is 6.09 Å². The van der Waals surface area contributed by atoms with Crippen molar-refractivity contribution in [2.24, 2.45) is 17.8 Å². The number of carbonyl (C=O) groups excluding carboxylic acids is 4. The third kappa shape index (κ3) is 8.47. The summed E-state index contributed by atoms with van der Waals surface area (Å²) in [5.74, 6) is 2.49. The molecule has 1 saturated heterocycles. The Morgan fingerprint density at radius 2 is 1.75 bits per heavy atom. The Labute approximate surface area is 236 Å². The lowest BCUT2D eigenvalue weighted by Crippen LogP contribution is -2.52. The highest BCUT2D eigenvalue weighted by atomic mass is 16.5. The molecular formula is C30H42N4O6. The molecule has 4 rings (SSSR count). The van der Waals surface area contributed by atoms with Gasteiger partial charge in [-0.2, -0.15) is 0 Å². The van der Waals surface area contributed by atoms with E-state index in [-0.39, 0.29) is 36.8 Å². The number of amides is 4. The number of aryl methyl sites for hydroxylation is 1. The summed E-state index contributed by atoms with van der Waals surface area (Å²) < 4.78 is 11.2. The van der Waals surface area contributed by atoms with Gasteiger partial charge in [-0.3, -0.25) is 19.3 Å². The molecule has 1 aromatic rings. The topological polar surface area (TPSA) is 121 Å². The van der Waals surface area contributed by atoms with Crippen LogP contribution < -0.4 is 15.5 Å². The number of piperazine rings is 1. The highest BCUT2D eigenvalue weighted by molar-refractivity contribution is 5.98. The minimum atomic E-state index is -0.332. The first kappa shape index (κ1) is 29.4. The van der Waals surface area contributed by atoms with Crippen molar-refractivity contribution in [1.29, 1.82) is 0 Å². The molecule has 3 atom stereocenters. The summed E-state index contributed by atoms with van der Waals surface area (Å²) in [6.07, 6.45) is 13.4. The van der Waals surface area contributed by atoms with Crippen molar-refractivity contribution >= 4 is 29.7 Å². The van der Waals surface area contributed by atoms with Crippen LogP contribution in [-0.2, 0) is 25.5 Å². The summed E-state index contributed by atoms with van der Waals surface area (Å²) in [6, 6.07) is 3.49. The summed E-state index contributed by atoms with van der Waals surface area (Å²) in [5.41, 5.74) is 0. The van der Waals surface area contributed by atoms with Crippen molar-refractivity contribution in [2.75, 3.05) is 44.2 Å². The number of nitrogens with zero attached hydrogens (tertiary/aromatic N) is 2. The monoisotopic (exact) mass is 554 g/mol. The molecule has 10 nitrogen and oxygen atoms in total. The van der Waals surface area contributed by atoms with E-state index in [2.05, 4.69) is 29.4 Å². The number of ether oxygens (including phenoxy) is 1. The maximum atomic E-state index is 12.4. The van der Waals surface area contributed by atoms with Gasteiger partial charge in [-0.05, 0) is 74.8 Å². The van der Waals surface area contributed by atoms with Gasteiger partial charge in [-0.15, -0.1) is 0 Å². The van der Waals surface area contributed by atoms with Gasteiger partial charge < -0.3 is 24.7 Å². The Morgan fingerprint density at radius 1 is 1.02 bits per heavy atom. The largest absolute Gasteiger partial charge is 0.449 e. The third-order valence-corrected chi connectivity index (χ3v) is 8.08. The van der Waals surface area contributed by atoms with Crippen LogP contribution in [0.25, 0.3) is 0 Å². The number of anilines is 1. The molecule has 2 N–H and O–H groups in total. The molecule has 0 radical (unpaired) electrons. The van der Waals surface area contributed by atoms with E-state index >= 15 is 0 Å². The summed E-state index contributed by atoms with van der Waals surface area (Å²) in [4.78, 5) is 51.3. The quantitative estimate of drug-likeness (QED) is 0.218. The summed E-state index contributed by atoms with van der Waals surface area (Å²) >= 11 is 0. The first-order valence-corrected chi connectivity index (χ1v) is 14.6. The van der Waals surface area contributed by atoms with Crippen molar-refractivity contribution in [3.05, 3.63) is 42.7 Å². The van der Waals surface area contributed by atoms with Gasteiger partial charge in [0.05, 0.1) is 6.61 Å². The van der Waals surface area contributed by atoms with Crippen LogP contribution in [0.15, 0.2) is 41.4 Å². The van der Waals surface area contributed by atoms with Crippen LogP contribution in [0, 0.1) is 17.8 Å². The molecule has 1 aliphatic heterocycles. The zero-order chi connectivity index (χ0) is 28.3. The lowest BCUT2D eigenvalue weighted by molar-refractivity contribution is -0.133. The molecule has 1 aromatic heterocycles. The Hall–Kier alpha value is -3.56. The van der Waals surface area contributed by atoms with Crippen molar-refractivity contribution in [3.8, 4) is 0 Å². The molecule has 0 spiro atoms. The highest BCUT2D eigenvalue weighted by Crippen LogP contribution is 2.52. The van der Waals surface area contributed by atoms with Crippen LogP contribution in [0.4, 0.5) is 10.7 Å². The fraction of sp³-hybridized carbons (Fsp3) is 0.600. The molecule has 0 bridgehead atoms. The summed E-state index contributed by atoms with van der Waals surface area (Å²) in [6.45, 7) is 5.88. The lowest BCUT2D eigenvalue weighted by atomic mass is 10.1. The number of hydrogen-bond acceptors (Lipinski definition) is 6. The van der Waals surface area contributed by atoms with Gasteiger partial charge in [0.2, 0.25) is 23.6 Å². The Balaban J connectivity index is 1.00. The van der Waals surface area contributed by atoms with E-state index < -0.39 is 0 Å². The molecule has 3 aliphatic rings. The van der Waals surface area contributed by atoms with Gasteiger partial charge in [-0.25, -0.2) is 4.79 Å². The fourth-order valence-corrected chi connectivity index (χ4v) is 5.70. The highest BCUT2D eigenvalue weighted by Gasteiger charge is 2.49. The van der Waals surface area contributed by atoms with E-state index in [0.717, 1.165) is 43.9 Å². The minimum absolute atomic E-state index is 0.0110. The predicted molar refractivity (Wildman–Crippen MR) is 150 cm³/mol. The second kappa shape index (κ2) is 14.7. The maximum Gasteiger partial charge on any atom is 0.407 e. The van der Waals surface area contributed by atoms with Crippen LogP contribution in [0.5, 0.6) is 0 Å². The number of rotatable bonds is 13. The second-order valence-electron chi connectivity index (χ2n) is 10.8. The number of alkyl carbamates (subject to hydrolysis) is 1. The standard InChI is InChI=1S/C30H42N4O6/c1-2-27(36)33-18-19-34(28(37)20-33)29-15-13-22(40-29)12-14-26(35)31-16-8-5-9-17-32-30(38)39-21-25-23-10-6-3-4-7-11-24(23)25/h2-4,13,15,23-25H,1,5-12,14,16-21H2,(H,31,35)(H,32,38)/b4-3-/t23-,24+,25?. The molecule has 1 unspecified atom stereocenters. The molecule has 10 heteroatoms. The van der Waals surface area contributed by atoms with E-state index in [1.165, 1.54) is 28.7 Å². The number of unbranched alkanes of at least 4 members (excludes halogenated alkanes) is 2. The summed E-state index contributed by atoms with van der Waals surface area (Å²) in [7, 11) is 0. The fourth-order valence-electron chi connectivity index (χ4n) is 5.70. The van der Waals surface area contributed by atoms with Crippen LogP contribution in [0.3, 0.4) is 0 Å². The van der Waals surface area contributed by atoms with E-state index in [0.29, 0.717) is 56.8 Å². The van der Waals surface area contributed by atoms with Crippen LogP contribution in [0.1, 0.15) is 57.1 Å². The van der Waals surface area contributed by atoms with Crippen LogP contribution >= 0.6 is 0 Å². The molecule has 40 heavy (non-hydrogen) atoms. The second-order valence-corrected chi connectivity index (χ2v) is 10.8. The van der Waals surface area contributed by atoms with Crippen molar-refractivity contribution in [1.82, 2.24) is 15.5 Å². The number of furan rings is 1. The molecule has 0 aromatic carbocycles. The number of fused-ring (bicyclic) bond motifs is 1. The van der Waals surface area contributed by atoms with E-state index in [9.17, 15) is 19.2 Å². The Bertz CT molecular complexity index is 1070. The minimum Gasteiger partial charge on any atom is -0.449 e. The average Bonchev–Trinajstić information content (AvgIpc) is 3.34. The van der Waals surface area contributed by atoms with Crippen LogP contribution in [-0.4, -0.2) is 68.0 Å². The number of nitrogens with one attached hydrogen (secondary N) is 2. The van der Waals surface area contributed by atoms with Gasteiger partial charge in [-0.1, -0.05) is 18.7 Å². The smallest absolute Gasteiger partial charge is 0.407 e. The molecule has 2 aliphatic carbocycles. The Morgan fingerprint density at radius 3 is 2.45 bits per heavy atom. The lowest BCUT2D eigenvalue weighted by Gasteiger charge is -2.32. The molecule has 2 heterocycles. The van der Waals surface area contributed by atoms with Gasteiger partial charge in [0.15, 0.2) is 0 Å². The number of carbonyl (C=O) groups is 4. The SMILES string of the molecule is C=CC(=O)N1CCN(c2ccc(CCC(=O)NCCCCCNC(=O)OCC3[C@H]4CC/C=C\CC[C@@H]34)o2)C(=O)C1. The maximum absolute atomic E-state index is 12.4. The number of hydrogen-bond donors (Lipinski definition) is 2. The number of allylic oxidation sites excluding steroid dienone is 2. The van der Waals surface area contributed by atoms with Gasteiger partial charge in [0, 0.05) is 45.1 Å². The molecule has 218 valence electrons. The van der Waals surface area contributed by atoms with E-state index in [1.54, 1.807) is 12.1 Å². The van der Waals surface area contributed by atoms with Gasteiger partial charge in [0.25, 0.3) is 0 Å². The average molecular weight is 555 g/mol. The third-order valence-electron chi connectivity index (χ3n) is 8.08. The summed E-state index contributed by atoms with van der Waals surface area (Å²) in [5, 5.41) is 5.75. The van der Waals surface area contributed by atoms with E-state index in [4.69, 9.17) is 9.15 Å². The van der Waals surface area contributed by atoms with Crippen molar-refractivity contribution in [2.45, 2.75) is 57.8 Å². The normalized spacial score (nSPS) is 22.9. The molecule has 1 saturated carbocycles. The van der Waals surface area contributed by atoms with Crippen molar-refractivity contribution in [3.63, 3.8) is 0 Å². The van der Waals surface area contributed by atoms with Gasteiger partial charge in [0.1, 0.15) is 12.3 Å². The first-order valence-electron chi connectivity index (χ1n) is 14.6. The predicted octanol–water partition coefficient (Wildman–Crippen LogP) is 3.58. The van der Waals surface area contributed by atoms with E-state index in [1.807, 2.05) is 0 Å². The Kier molecular flexibility index (Phi) is 10.8. The zero-order valence-corrected chi connectivity index (χ0v) is 23.3. The first-order chi connectivity index (χ1) is 19.5. The molecular weight excluding hydrogens is 512 g/mol. The molecule has 4 amide bonds. The zero-order valence-electron chi connectivity index (χ0n) is 23.3. The molecule has 2 fully saturated rings. The van der Waals surface area contributed by atoms with Crippen molar-refractivity contribution < 1.29 is 28.3 Å².